The molecule has 0 saturated carbocycles. The summed E-state index contributed by atoms with van der Waals surface area (Å²) in [5, 5.41) is 5.70. The molecule has 0 aliphatic carbocycles. The Morgan fingerprint density at radius 1 is 1.08 bits per heavy atom. The van der Waals surface area contributed by atoms with Gasteiger partial charge < -0.3 is 26.0 Å². The second-order valence-corrected chi connectivity index (χ2v) is 9.53. The molecule has 3 rings (SSSR count). The lowest BCUT2D eigenvalue weighted by Crippen LogP contribution is -2.52. The number of alkyl carbamates (subject to hydrolysis) is 1. The van der Waals surface area contributed by atoms with Crippen LogP contribution in [0.5, 0.6) is 0 Å². The van der Waals surface area contributed by atoms with Crippen molar-refractivity contribution in [3.8, 4) is 0 Å². The highest BCUT2D eigenvalue weighted by Gasteiger charge is 2.34. The largest absolute Gasteiger partial charge is 0.445 e. The Hall–Kier alpha value is -3.43. The number of carbonyl (C=O) groups excluding carboxylic acids is 3. The predicted molar refractivity (Wildman–Crippen MR) is 144 cm³/mol. The lowest BCUT2D eigenvalue weighted by molar-refractivity contribution is -0.133. The molecule has 2 aromatic rings. The summed E-state index contributed by atoms with van der Waals surface area (Å²) in [6.45, 7) is 4.87. The second kappa shape index (κ2) is 14.3. The first-order valence-corrected chi connectivity index (χ1v) is 12.9. The third-order valence-electron chi connectivity index (χ3n) is 6.57. The molecular weight excluding hydrogens is 470 g/mol. The minimum Gasteiger partial charge on any atom is -0.445 e. The molecule has 200 valence electrons. The van der Waals surface area contributed by atoms with Crippen molar-refractivity contribution in [1.29, 1.82) is 0 Å². The summed E-state index contributed by atoms with van der Waals surface area (Å²) in [4.78, 5) is 42.6. The third-order valence-corrected chi connectivity index (χ3v) is 6.57. The van der Waals surface area contributed by atoms with Gasteiger partial charge in [-0.15, -0.1) is 0 Å². The van der Waals surface area contributed by atoms with Crippen molar-refractivity contribution in [3.05, 3.63) is 65.7 Å². The minimum absolute atomic E-state index is 0.0873. The molecule has 1 atom stereocenters. The Morgan fingerprint density at radius 2 is 1.78 bits per heavy atom. The van der Waals surface area contributed by atoms with Crippen LogP contribution in [0.15, 0.2) is 54.6 Å². The van der Waals surface area contributed by atoms with Crippen molar-refractivity contribution in [2.45, 2.75) is 45.4 Å². The Balaban J connectivity index is 1.64. The number of rotatable bonds is 11. The first kappa shape index (κ1) is 28.1. The number of likely N-dealkylation sites (N-methyl/N-ethyl adjacent to an activating group) is 1. The molecule has 4 N–H and O–H groups in total. The van der Waals surface area contributed by atoms with Crippen LogP contribution in [-0.2, 0) is 27.5 Å². The van der Waals surface area contributed by atoms with Gasteiger partial charge in [0, 0.05) is 25.3 Å². The summed E-state index contributed by atoms with van der Waals surface area (Å²) < 4.78 is 5.40. The summed E-state index contributed by atoms with van der Waals surface area (Å²) in [5.74, 6) is -0.373. The van der Waals surface area contributed by atoms with E-state index in [0.29, 0.717) is 44.7 Å². The number of nitrogens with zero attached hydrogens (tertiary/aromatic N) is 2. The van der Waals surface area contributed by atoms with Crippen molar-refractivity contribution in [3.63, 3.8) is 0 Å². The summed E-state index contributed by atoms with van der Waals surface area (Å²) in [6.07, 6.45) is 1.54. The maximum Gasteiger partial charge on any atom is 0.408 e. The van der Waals surface area contributed by atoms with Crippen molar-refractivity contribution < 1.29 is 19.1 Å². The topological polar surface area (TPSA) is 117 Å². The maximum absolute atomic E-state index is 13.4. The number of nitrogens with one attached hydrogen (secondary N) is 2. The lowest BCUT2D eigenvalue weighted by atomic mass is 9.88. The van der Waals surface area contributed by atoms with Crippen molar-refractivity contribution in [2.24, 2.45) is 11.7 Å². The van der Waals surface area contributed by atoms with Crippen LogP contribution in [0.3, 0.4) is 0 Å². The molecule has 1 fully saturated rings. The molecule has 37 heavy (non-hydrogen) atoms. The molecule has 0 unspecified atom stereocenters. The molecule has 0 spiro atoms. The SMILES string of the molecule is CCCN(C)CC(=O)N1CCC([C@@H](NC(=O)OCc2ccccc2)C(=O)Nc2cccc(CN)c2)CC1. The summed E-state index contributed by atoms with van der Waals surface area (Å²) in [6, 6.07) is 15.9. The molecule has 1 saturated heterocycles. The van der Waals surface area contributed by atoms with Gasteiger partial charge in [0.1, 0.15) is 12.6 Å². The van der Waals surface area contributed by atoms with Crippen LogP contribution in [0.2, 0.25) is 0 Å². The van der Waals surface area contributed by atoms with E-state index in [1.807, 2.05) is 65.4 Å². The van der Waals surface area contributed by atoms with Gasteiger partial charge in [0.05, 0.1) is 6.54 Å². The molecule has 9 nitrogen and oxygen atoms in total. The van der Waals surface area contributed by atoms with E-state index in [4.69, 9.17) is 10.5 Å². The maximum atomic E-state index is 13.4. The Labute approximate surface area is 219 Å². The van der Waals surface area contributed by atoms with Crippen LogP contribution in [0.4, 0.5) is 10.5 Å². The number of hydrogen-bond donors (Lipinski definition) is 3. The van der Waals surface area contributed by atoms with Crippen molar-refractivity contribution in [2.75, 3.05) is 38.5 Å². The molecule has 0 bridgehead atoms. The second-order valence-electron chi connectivity index (χ2n) is 9.53. The quantitative estimate of drug-likeness (QED) is 0.429. The molecule has 3 amide bonds. The highest BCUT2D eigenvalue weighted by molar-refractivity contribution is 5.97. The number of piperidine rings is 1. The van der Waals surface area contributed by atoms with E-state index in [-0.39, 0.29) is 24.3 Å². The van der Waals surface area contributed by atoms with Crippen molar-refractivity contribution >= 4 is 23.6 Å². The summed E-state index contributed by atoms with van der Waals surface area (Å²) in [7, 11) is 1.94. The smallest absolute Gasteiger partial charge is 0.408 e. The first-order valence-electron chi connectivity index (χ1n) is 12.9. The van der Waals surface area contributed by atoms with E-state index in [1.165, 1.54) is 0 Å². The molecule has 1 aliphatic heterocycles. The third kappa shape index (κ3) is 8.87. The van der Waals surface area contributed by atoms with Crippen LogP contribution < -0.4 is 16.4 Å². The molecule has 1 heterocycles. The van der Waals surface area contributed by atoms with Gasteiger partial charge in [0.15, 0.2) is 0 Å². The predicted octanol–water partition coefficient (Wildman–Crippen LogP) is 2.96. The highest BCUT2D eigenvalue weighted by Crippen LogP contribution is 2.23. The van der Waals surface area contributed by atoms with Crippen LogP contribution in [0.1, 0.15) is 37.3 Å². The number of ether oxygens (including phenoxy) is 1. The molecule has 2 aromatic carbocycles. The van der Waals surface area contributed by atoms with Gasteiger partial charge in [-0.2, -0.15) is 0 Å². The van der Waals surface area contributed by atoms with Gasteiger partial charge in [-0.1, -0.05) is 49.4 Å². The van der Waals surface area contributed by atoms with Gasteiger partial charge in [-0.3, -0.25) is 14.5 Å². The van der Waals surface area contributed by atoms with Gasteiger partial charge >= 0.3 is 6.09 Å². The summed E-state index contributed by atoms with van der Waals surface area (Å²) in [5.41, 5.74) is 8.10. The van der Waals surface area contributed by atoms with E-state index in [9.17, 15) is 14.4 Å². The van der Waals surface area contributed by atoms with Gasteiger partial charge in [-0.25, -0.2) is 4.79 Å². The number of hydrogen-bond acceptors (Lipinski definition) is 6. The van der Waals surface area contributed by atoms with Gasteiger partial charge in [0.25, 0.3) is 0 Å². The normalized spacial score (nSPS) is 14.8. The van der Waals surface area contributed by atoms with E-state index in [1.54, 1.807) is 6.07 Å². The number of anilines is 1. The standard InChI is InChI=1S/C28H39N5O4/c1-3-14-32(2)19-25(34)33-15-12-23(13-16-33)26(27(35)30-24-11-7-10-22(17-24)18-29)31-28(36)37-20-21-8-5-4-6-9-21/h4-11,17,23,26H,3,12-16,18-20,29H2,1-2H3,(H,30,35)(H,31,36)/t26-/m1/s1. The number of benzene rings is 2. The number of likely N-dealkylation sites (tertiary alicyclic amines) is 1. The molecule has 1 aliphatic rings. The zero-order chi connectivity index (χ0) is 26.6. The lowest BCUT2D eigenvalue weighted by Gasteiger charge is -2.36. The fourth-order valence-electron chi connectivity index (χ4n) is 4.56. The zero-order valence-corrected chi connectivity index (χ0v) is 21.8. The Morgan fingerprint density at radius 3 is 2.46 bits per heavy atom. The van der Waals surface area contributed by atoms with Crippen LogP contribution in [0, 0.1) is 5.92 Å². The van der Waals surface area contributed by atoms with Crippen LogP contribution in [-0.4, -0.2) is 67.0 Å². The van der Waals surface area contributed by atoms with Gasteiger partial charge in [-0.05, 0) is 62.0 Å². The van der Waals surface area contributed by atoms with E-state index in [2.05, 4.69) is 17.6 Å². The Kier molecular flexibility index (Phi) is 10.9. The molecule has 0 radical (unpaired) electrons. The number of nitrogens with two attached hydrogens (primary N) is 1. The fraction of sp³-hybridized carbons (Fsp3) is 0.464. The number of amides is 3. The molecule has 0 aromatic heterocycles. The zero-order valence-electron chi connectivity index (χ0n) is 21.8. The molecular formula is C28H39N5O4. The van der Waals surface area contributed by atoms with E-state index >= 15 is 0 Å². The van der Waals surface area contributed by atoms with Crippen molar-refractivity contribution in [1.82, 2.24) is 15.1 Å². The minimum atomic E-state index is -0.801. The number of carbonyl (C=O) groups is 3. The average Bonchev–Trinajstić information content (AvgIpc) is 2.91. The van der Waals surface area contributed by atoms with Crippen LogP contribution in [0.25, 0.3) is 0 Å². The first-order chi connectivity index (χ1) is 17.9. The van der Waals surface area contributed by atoms with Gasteiger partial charge in [0.2, 0.25) is 11.8 Å². The fourth-order valence-corrected chi connectivity index (χ4v) is 4.56. The Bertz CT molecular complexity index is 1020. The average molecular weight is 510 g/mol. The summed E-state index contributed by atoms with van der Waals surface area (Å²) >= 11 is 0. The van der Waals surface area contributed by atoms with E-state index < -0.39 is 12.1 Å². The molecule has 9 heteroatoms. The monoisotopic (exact) mass is 509 g/mol. The van der Waals surface area contributed by atoms with Crippen LogP contribution >= 0.6 is 0 Å². The van der Waals surface area contributed by atoms with E-state index in [0.717, 1.165) is 24.1 Å². The highest BCUT2D eigenvalue weighted by atomic mass is 16.5.